The van der Waals surface area contributed by atoms with Gasteiger partial charge in [-0.2, -0.15) is 0 Å². The number of hydrogen-bond acceptors (Lipinski definition) is 5. The van der Waals surface area contributed by atoms with Crippen LogP contribution in [0.15, 0.2) is 79.0 Å². The normalized spacial score (nSPS) is 17.7. The highest BCUT2D eigenvalue weighted by Gasteiger charge is 2.31. The van der Waals surface area contributed by atoms with Gasteiger partial charge in [-0.25, -0.2) is 0 Å². The molecule has 3 aromatic carbocycles. The number of hydrogen-bond donors (Lipinski definition) is 1. The zero-order chi connectivity index (χ0) is 27.4. The van der Waals surface area contributed by atoms with Gasteiger partial charge in [0.15, 0.2) is 0 Å². The first-order chi connectivity index (χ1) is 18.8. The fourth-order valence-electron chi connectivity index (χ4n) is 5.39. The van der Waals surface area contributed by atoms with Crippen LogP contribution in [0, 0.1) is 10.1 Å². The summed E-state index contributed by atoms with van der Waals surface area (Å²) in [6, 6.07) is 22.6. The maximum atomic E-state index is 13.3. The smallest absolute Gasteiger partial charge is 0.269 e. The highest BCUT2D eigenvalue weighted by Crippen LogP contribution is 2.36. The third-order valence-corrected chi connectivity index (χ3v) is 7.54. The van der Waals surface area contributed by atoms with Gasteiger partial charge in [0.1, 0.15) is 5.75 Å². The number of benzene rings is 3. The summed E-state index contributed by atoms with van der Waals surface area (Å²) in [6.07, 6.45) is 4.12. The molecule has 0 saturated carbocycles. The van der Waals surface area contributed by atoms with Crippen molar-refractivity contribution in [3.8, 4) is 5.75 Å². The molecular weight excluding hydrogens is 494 g/mol. The summed E-state index contributed by atoms with van der Waals surface area (Å²) >= 11 is 0. The highest BCUT2D eigenvalue weighted by atomic mass is 16.6. The topological polar surface area (TPSA) is 95.6 Å². The third-order valence-electron chi connectivity index (χ3n) is 7.54. The van der Waals surface area contributed by atoms with Crippen LogP contribution in [0.4, 0.5) is 5.69 Å². The lowest BCUT2D eigenvalue weighted by molar-refractivity contribution is -0.384. The summed E-state index contributed by atoms with van der Waals surface area (Å²) in [5.74, 6) is 0.310. The van der Waals surface area contributed by atoms with Crippen LogP contribution in [-0.4, -0.2) is 41.3 Å². The van der Waals surface area contributed by atoms with Crippen molar-refractivity contribution in [1.29, 1.82) is 0 Å². The Morgan fingerprint density at radius 2 is 1.95 bits per heavy atom. The Kier molecular flexibility index (Phi) is 7.65. The van der Waals surface area contributed by atoms with Gasteiger partial charge in [0.2, 0.25) is 5.91 Å². The highest BCUT2D eigenvalue weighted by molar-refractivity contribution is 5.87. The predicted octanol–water partition coefficient (Wildman–Crippen LogP) is 5.81. The van der Waals surface area contributed by atoms with Gasteiger partial charge in [-0.3, -0.25) is 14.9 Å². The van der Waals surface area contributed by atoms with E-state index in [9.17, 15) is 14.9 Å². The van der Waals surface area contributed by atoms with Gasteiger partial charge in [0, 0.05) is 61.3 Å². The third kappa shape index (κ3) is 5.96. The zero-order valence-corrected chi connectivity index (χ0v) is 22.3. The number of nitro groups is 1. The first-order valence-electron chi connectivity index (χ1n) is 13.2. The number of rotatable bonds is 10. The number of carbonyl (C=O) groups is 1. The average molecular weight is 528 g/mol. The number of para-hydroxylation sites is 1. The van der Waals surface area contributed by atoms with Gasteiger partial charge in [0.05, 0.1) is 17.6 Å². The minimum absolute atomic E-state index is 0.00625. The molecule has 1 amide bonds. The minimum Gasteiger partial charge on any atom is -0.497 e. The number of carbonyl (C=O) groups excluding carboxylic acids is 1. The molecule has 5 rings (SSSR count). The largest absolute Gasteiger partial charge is 0.497 e. The van der Waals surface area contributed by atoms with Crippen molar-refractivity contribution in [2.75, 3.05) is 20.3 Å². The molecule has 1 aliphatic heterocycles. The molecule has 4 aromatic rings. The molecule has 1 saturated heterocycles. The number of amides is 1. The lowest BCUT2D eigenvalue weighted by atomic mass is 9.87. The maximum Gasteiger partial charge on any atom is 0.269 e. The van der Waals surface area contributed by atoms with Crippen molar-refractivity contribution in [2.24, 2.45) is 0 Å². The second-order valence-electron chi connectivity index (χ2n) is 10.4. The standard InChI is InChI=1S/C31H33N3O5/c1-31(15-6-16-39-31)21-32-30(35)18-27(23-7-5-8-24(17-23)34(36)37)28-20-33(29-10-4-3-9-26(28)29)19-22-11-13-25(38-2)14-12-22/h3-5,7-14,17,20,27H,6,15-16,18-19,21H2,1-2H3,(H,32,35). The van der Waals surface area contributed by atoms with E-state index in [1.807, 2.05) is 55.5 Å². The van der Waals surface area contributed by atoms with Crippen LogP contribution in [-0.2, 0) is 16.1 Å². The first-order valence-corrected chi connectivity index (χ1v) is 13.2. The van der Waals surface area contributed by atoms with Crippen molar-refractivity contribution >= 4 is 22.5 Å². The Balaban J connectivity index is 1.51. The number of methoxy groups -OCH3 is 1. The Labute approximate surface area is 227 Å². The number of nitro benzene ring substituents is 1. The van der Waals surface area contributed by atoms with E-state index >= 15 is 0 Å². The molecule has 8 heteroatoms. The number of nitrogens with zero attached hydrogens (tertiary/aromatic N) is 2. The van der Waals surface area contributed by atoms with E-state index in [4.69, 9.17) is 9.47 Å². The molecule has 1 fully saturated rings. The van der Waals surface area contributed by atoms with Crippen molar-refractivity contribution < 1.29 is 19.2 Å². The van der Waals surface area contributed by atoms with Gasteiger partial charge >= 0.3 is 0 Å². The van der Waals surface area contributed by atoms with Gasteiger partial charge in [0.25, 0.3) is 5.69 Å². The summed E-state index contributed by atoms with van der Waals surface area (Å²) in [6.45, 7) is 3.79. The van der Waals surface area contributed by atoms with Crippen LogP contribution in [0.25, 0.3) is 10.9 Å². The molecule has 1 N–H and O–H groups in total. The number of aromatic nitrogens is 1. The molecule has 2 atom stereocenters. The first kappa shape index (κ1) is 26.4. The molecule has 8 nitrogen and oxygen atoms in total. The second kappa shape index (κ2) is 11.3. The summed E-state index contributed by atoms with van der Waals surface area (Å²) in [4.78, 5) is 24.5. The molecule has 1 aliphatic rings. The molecule has 0 radical (unpaired) electrons. The number of fused-ring (bicyclic) bond motifs is 1. The number of ether oxygens (including phenoxy) is 2. The van der Waals surface area contributed by atoms with E-state index in [0.29, 0.717) is 19.7 Å². The van der Waals surface area contributed by atoms with Crippen LogP contribution in [0.2, 0.25) is 0 Å². The minimum atomic E-state index is -0.397. The van der Waals surface area contributed by atoms with Crippen LogP contribution >= 0.6 is 0 Å². The SMILES string of the molecule is COc1ccc(Cn2cc(C(CC(=O)NCC3(C)CCCO3)c3cccc([N+](=O)[O-])c3)c3ccccc32)cc1. The van der Waals surface area contributed by atoms with Crippen LogP contribution in [0.1, 0.15) is 48.8 Å². The van der Waals surface area contributed by atoms with E-state index in [1.165, 1.54) is 6.07 Å². The summed E-state index contributed by atoms with van der Waals surface area (Å²) < 4.78 is 13.3. The van der Waals surface area contributed by atoms with Crippen molar-refractivity contribution in [3.63, 3.8) is 0 Å². The molecule has 202 valence electrons. The molecule has 39 heavy (non-hydrogen) atoms. The Morgan fingerprint density at radius 3 is 2.67 bits per heavy atom. The van der Waals surface area contributed by atoms with Crippen LogP contribution < -0.4 is 10.1 Å². The molecule has 1 aromatic heterocycles. The lowest BCUT2D eigenvalue weighted by Crippen LogP contribution is -2.40. The van der Waals surface area contributed by atoms with Gasteiger partial charge in [-0.05, 0) is 54.7 Å². The van der Waals surface area contributed by atoms with E-state index in [-0.39, 0.29) is 29.5 Å². The Morgan fingerprint density at radius 1 is 1.15 bits per heavy atom. The van der Waals surface area contributed by atoms with Gasteiger partial charge < -0.3 is 19.4 Å². The molecule has 0 bridgehead atoms. The fraction of sp³-hybridized carbons (Fsp3) is 0.323. The van der Waals surface area contributed by atoms with Crippen molar-refractivity contribution in [2.45, 2.75) is 44.2 Å². The van der Waals surface area contributed by atoms with E-state index in [2.05, 4.69) is 22.1 Å². The van der Waals surface area contributed by atoms with Gasteiger partial charge in [-0.15, -0.1) is 0 Å². The fourth-order valence-corrected chi connectivity index (χ4v) is 5.39. The van der Waals surface area contributed by atoms with E-state index < -0.39 is 4.92 Å². The predicted molar refractivity (Wildman–Crippen MR) is 150 cm³/mol. The number of non-ortho nitro benzene ring substituents is 1. The summed E-state index contributed by atoms with van der Waals surface area (Å²) in [5.41, 5.74) is 3.48. The molecular formula is C31H33N3O5. The zero-order valence-electron chi connectivity index (χ0n) is 22.3. The maximum absolute atomic E-state index is 13.3. The van der Waals surface area contributed by atoms with Gasteiger partial charge in [-0.1, -0.05) is 42.5 Å². The Hall–Kier alpha value is -4.17. The molecule has 0 aliphatic carbocycles. The van der Waals surface area contributed by atoms with Crippen molar-refractivity contribution in [3.05, 3.63) is 106 Å². The summed E-state index contributed by atoms with van der Waals surface area (Å²) in [7, 11) is 1.64. The quantitative estimate of drug-likeness (QED) is 0.207. The van der Waals surface area contributed by atoms with E-state index in [1.54, 1.807) is 19.2 Å². The average Bonchev–Trinajstić information content (AvgIpc) is 3.55. The second-order valence-corrected chi connectivity index (χ2v) is 10.4. The lowest BCUT2D eigenvalue weighted by Gasteiger charge is -2.24. The van der Waals surface area contributed by atoms with E-state index in [0.717, 1.165) is 46.2 Å². The van der Waals surface area contributed by atoms with Crippen molar-refractivity contribution in [1.82, 2.24) is 9.88 Å². The number of nitrogens with one attached hydrogen (secondary N) is 1. The summed E-state index contributed by atoms with van der Waals surface area (Å²) in [5, 5.41) is 15.7. The van der Waals surface area contributed by atoms with Crippen LogP contribution in [0.5, 0.6) is 5.75 Å². The Bertz CT molecular complexity index is 1470. The monoisotopic (exact) mass is 527 g/mol. The molecule has 0 spiro atoms. The molecule has 2 heterocycles. The molecule has 2 unspecified atom stereocenters. The van der Waals surface area contributed by atoms with Crippen LogP contribution in [0.3, 0.4) is 0 Å².